The van der Waals surface area contributed by atoms with E-state index in [1.54, 1.807) is 13.3 Å². The Balaban J connectivity index is 2.42. The Labute approximate surface area is 114 Å². The predicted molar refractivity (Wildman–Crippen MR) is 77.5 cm³/mol. The monoisotopic (exact) mass is 256 g/mol. The first-order chi connectivity index (χ1) is 9.26. The first-order valence-electron chi connectivity index (χ1n) is 6.55. The summed E-state index contributed by atoms with van der Waals surface area (Å²) in [5.74, 6) is 0.814. The van der Waals surface area contributed by atoms with Crippen molar-refractivity contribution in [3.63, 3.8) is 0 Å². The number of nitrogens with zero attached hydrogens (tertiary/aromatic N) is 1. The summed E-state index contributed by atoms with van der Waals surface area (Å²) in [6.07, 6.45) is 1.80. The van der Waals surface area contributed by atoms with E-state index in [2.05, 4.69) is 48.4 Å². The quantitative estimate of drug-likeness (QED) is 0.892. The number of ether oxygens (including phenoxy) is 1. The zero-order chi connectivity index (χ0) is 13.7. The molecule has 2 rings (SSSR count). The highest BCUT2D eigenvalue weighted by Crippen LogP contribution is 2.27. The van der Waals surface area contributed by atoms with E-state index >= 15 is 0 Å². The summed E-state index contributed by atoms with van der Waals surface area (Å²) in [4.78, 5) is 4.48. The third-order valence-electron chi connectivity index (χ3n) is 3.11. The number of hydrogen-bond donors (Lipinski definition) is 1. The maximum Gasteiger partial charge on any atom is 0.142 e. The Morgan fingerprint density at radius 2 is 1.95 bits per heavy atom. The highest BCUT2D eigenvalue weighted by Gasteiger charge is 2.18. The summed E-state index contributed by atoms with van der Waals surface area (Å²) in [5.41, 5.74) is 3.38. The fourth-order valence-electron chi connectivity index (χ4n) is 2.13. The highest BCUT2D eigenvalue weighted by atomic mass is 16.5. The molecular formula is C16H20N2O. The van der Waals surface area contributed by atoms with Gasteiger partial charge in [-0.3, -0.25) is 4.98 Å². The molecule has 1 unspecified atom stereocenters. The number of methoxy groups -OCH3 is 1. The van der Waals surface area contributed by atoms with Crippen molar-refractivity contribution < 1.29 is 4.74 Å². The van der Waals surface area contributed by atoms with Crippen LogP contribution in [0.25, 0.3) is 0 Å². The Morgan fingerprint density at radius 1 is 1.21 bits per heavy atom. The van der Waals surface area contributed by atoms with Gasteiger partial charge in [-0.05, 0) is 31.2 Å². The number of pyridine rings is 1. The summed E-state index contributed by atoms with van der Waals surface area (Å²) in [7, 11) is 1.68. The van der Waals surface area contributed by atoms with Gasteiger partial charge in [0.2, 0.25) is 0 Å². The van der Waals surface area contributed by atoms with Crippen LogP contribution in [0.3, 0.4) is 0 Å². The predicted octanol–water partition coefficient (Wildman–Crippen LogP) is 3.10. The molecule has 0 aliphatic rings. The molecule has 0 bridgehead atoms. The summed E-state index contributed by atoms with van der Waals surface area (Å²) in [5, 5.41) is 3.47. The first kappa shape index (κ1) is 13.6. The lowest BCUT2D eigenvalue weighted by molar-refractivity contribution is 0.400. The minimum atomic E-state index is 0.0572. The lowest BCUT2D eigenvalue weighted by atomic mass is 10.0. The zero-order valence-electron chi connectivity index (χ0n) is 11.7. The van der Waals surface area contributed by atoms with Gasteiger partial charge in [0.05, 0.1) is 13.2 Å². The number of hydrogen-bond acceptors (Lipinski definition) is 3. The van der Waals surface area contributed by atoms with Crippen molar-refractivity contribution in [1.82, 2.24) is 10.3 Å². The van der Waals surface area contributed by atoms with Crippen LogP contribution in [-0.2, 0) is 0 Å². The van der Waals surface area contributed by atoms with Gasteiger partial charge in [-0.1, -0.05) is 36.8 Å². The molecule has 1 atom stereocenters. The maximum atomic E-state index is 5.42. The van der Waals surface area contributed by atoms with E-state index < -0.39 is 0 Å². The van der Waals surface area contributed by atoms with Crippen molar-refractivity contribution in [1.29, 1.82) is 0 Å². The molecule has 0 saturated heterocycles. The molecule has 100 valence electrons. The van der Waals surface area contributed by atoms with Crippen LogP contribution in [0.5, 0.6) is 5.75 Å². The second kappa shape index (κ2) is 6.34. The molecule has 0 radical (unpaired) electrons. The van der Waals surface area contributed by atoms with Crippen LogP contribution < -0.4 is 10.1 Å². The van der Waals surface area contributed by atoms with Crippen molar-refractivity contribution in [2.24, 2.45) is 0 Å². The number of aryl methyl sites for hydroxylation is 1. The van der Waals surface area contributed by atoms with Crippen molar-refractivity contribution in [3.05, 3.63) is 59.4 Å². The van der Waals surface area contributed by atoms with Gasteiger partial charge < -0.3 is 10.1 Å². The van der Waals surface area contributed by atoms with Crippen LogP contribution in [0.2, 0.25) is 0 Å². The molecule has 0 fully saturated rings. The molecule has 3 nitrogen and oxygen atoms in total. The first-order valence-corrected chi connectivity index (χ1v) is 6.55. The molecule has 0 spiro atoms. The third-order valence-corrected chi connectivity index (χ3v) is 3.11. The summed E-state index contributed by atoms with van der Waals surface area (Å²) in [6, 6.07) is 12.4. The lowest BCUT2D eigenvalue weighted by Gasteiger charge is -2.20. The van der Waals surface area contributed by atoms with Crippen molar-refractivity contribution >= 4 is 0 Å². The van der Waals surface area contributed by atoms with Gasteiger partial charge >= 0.3 is 0 Å². The molecule has 0 amide bonds. The smallest absolute Gasteiger partial charge is 0.142 e. The number of aromatic nitrogens is 1. The molecule has 0 aliphatic carbocycles. The molecule has 0 saturated carbocycles. The van der Waals surface area contributed by atoms with Gasteiger partial charge in [0.15, 0.2) is 0 Å². The number of nitrogens with one attached hydrogen (secondary N) is 1. The van der Waals surface area contributed by atoms with Crippen molar-refractivity contribution in [2.45, 2.75) is 19.9 Å². The maximum absolute atomic E-state index is 5.42. The minimum absolute atomic E-state index is 0.0572. The minimum Gasteiger partial charge on any atom is -0.495 e. The standard InChI is InChI=1S/C16H20N2O/c1-4-17-15(13-9-7-12(2)8-10-13)16-14(19-3)6-5-11-18-16/h5-11,15,17H,4H2,1-3H3. The van der Waals surface area contributed by atoms with E-state index in [4.69, 9.17) is 4.74 Å². The molecule has 2 aromatic rings. The van der Waals surface area contributed by atoms with Crippen LogP contribution in [0.15, 0.2) is 42.6 Å². The average molecular weight is 256 g/mol. The number of benzene rings is 1. The molecule has 19 heavy (non-hydrogen) atoms. The number of rotatable bonds is 5. The van der Waals surface area contributed by atoms with Gasteiger partial charge in [0.1, 0.15) is 11.4 Å². The third kappa shape index (κ3) is 3.12. The molecular weight excluding hydrogens is 236 g/mol. The highest BCUT2D eigenvalue weighted by molar-refractivity contribution is 5.37. The average Bonchev–Trinajstić information content (AvgIpc) is 2.46. The largest absolute Gasteiger partial charge is 0.495 e. The van der Waals surface area contributed by atoms with Crippen LogP contribution in [0.1, 0.15) is 29.8 Å². The Morgan fingerprint density at radius 3 is 2.58 bits per heavy atom. The summed E-state index contributed by atoms with van der Waals surface area (Å²) >= 11 is 0. The normalized spacial score (nSPS) is 12.2. The van der Waals surface area contributed by atoms with E-state index in [-0.39, 0.29) is 6.04 Å². The van der Waals surface area contributed by atoms with E-state index in [1.165, 1.54) is 11.1 Å². The van der Waals surface area contributed by atoms with Crippen molar-refractivity contribution in [2.75, 3.05) is 13.7 Å². The van der Waals surface area contributed by atoms with E-state index in [0.29, 0.717) is 0 Å². The van der Waals surface area contributed by atoms with Crippen LogP contribution in [0, 0.1) is 6.92 Å². The van der Waals surface area contributed by atoms with Crippen LogP contribution in [-0.4, -0.2) is 18.6 Å². The molecule has 3 heteroatoms. The Bertz CT molecular complexity index is 523. The van der Waals surface area contributed by atoms with Gasteiger partial charge in [0.25, 0.3) is 0 Å². The van der Waals surface area contributed by atoms with E-state index in [9.17, 15) is 0 Å². The SMILES string of the molecule is CCNC(c1ccc(C)cc1)c1ncccc1OC. The van der Waals surface area contributed by atoms with Gasteiger partial charge in [-0.25, -0.2) is 0 Å². The summed E-state index contributed by atoms with van der Waals surface area (Å²) < 4.78 is 5.42. The second-order valence-corrected chi connectivity index (χ2v) is 4.49. The van der Waals surface area contributed by atoms with E-state index in [0.717, 1.165) is 18.0 Å². The van der Waals surface area contributed by atoms with Crippen molar-refractivity contribution in [3.8, 4) is 5.75 Å². The molecule has 1 heterocycles. The van der Waals surface area contributed by atoms with E-state index in [1.807, 2.05) is 12.1 Å². The van der Waals surface area contributed by atoms with Gasteiger partial charge in [0, 0.05) is 6.20 Å². The Hall–Kier alpha value is -1.87. The van der Waals surface area contributed by atoms with Gasteiger partial charge in [-0.2, -0.15) is 0 Å². The molecule has 1 aromatic carbocycles. The molecule has 1 N–H and O–H groups in total. The second-order valence-electron chi connectivity index (χ2n) is 4.49. The zero-order valence-corrected chi connectivity index (χ0v) is 11.7. The van der Waals surface area contributed by atoms with Gasteiger partial charge in [-0.15, -0.1) is 0 Å². The topological polar surface area (TPSA) is 34.2 Å². The summed E-state index contributed by atoms with van der Waals surface area (Å²) in [6.45, 7) is 5.06. The van der Waals surface area contributed by atoms with Crippen LogP contribution >= 0.6 is 0 Å². The molecule has 0 aliphatic heterocycles. The van der Waals surface area contributed by atoms with Crippen LogP contribution in [0.4, 0.5) is 0 Å². The molecule has 1 aromatic heterocycles. The lowest BCUT2D eigenvalue weighted by Crippen LogP contribution is -2.23. The fraction of sp³-hybridized carbons (Fsp3) is 0.312. The Kier molecular flexibility index (Phi) is 4.53. The fourth-order valence-corrected chi connectivity index (χ4v) is 2.13.